The molecule has 0 radical (unpaired) electrons. The molecule has 4 saturated carbocycles. The molecule has 0 spiro atoms. The monoisotopic (exact) mass is 456 g/mol. The van der Waals surface area contributed by atoms with Crippen molar-refractivity contribution in [2.75, 3.05) is 7.11 Å². The first-order valence-corrected chi connectivity index (χ1v) is 13.8. The van der Waals surface area contributed by atoms with Gasteiger partial charge in [0.2, 0.25) is 0 Å². The van der Waals surface area contributed by atoms with E-state index in [1.165, 1.54) is 12.8 Å². The molecule has 0 bridgehead atoms. The highest BCUT2D eigenvalue weighted by Crippen LogP contribution is 2.75. The van der Waals surface area contributed by atoms with Gasteiger partial charge in [-0.05, 0) is 110 Å². The molecule has 5 aliphatic rings. The second kappa shape index (κ2) is 7.34. The molecule has 3 heteroatoms. The number of aliphatic hydroxyl groups is 1. The summed E-state index contributed by atoms with van der Waals surface area (Å²) in [4.78, 5) is 13.2. The van der Waals surface area contributed by atoms with Gasteiger partial charge in [-0.2, -0.15) is 0 Å². The van der Waals surface area contributed by atoms with Crippen LogP contribution >= 0.6 is 0 Å². The standard InChI is InChI=1S/C30H48O3/c1-19-10-15-30(25(32)33-7)17-16-28(5)20(21(30)18-19)8-9-23-27(4)13-12-24(31)26(2,3)22(27)11-14-29(23,28)6/h8,19,21-24,31H,9-18H2,1-7H3. The van der Waals surface area contributed by atoms with E-state index in [0.29, 0.717) is 23.7 Å². The van der Waals surface area contributed by atoms with Gasteiger partial charge < -0.3 is 9.84 Å². The Balaban J connectivity index is 1.59. The minimum absolute atomic E-state index is 0.00929. The smallest absolute Gasteiger partial charge is 0.312 e. The Labute approximate surface area is 202 Å². The van der Waals surface area contributed by atoms with Crippen LogP contribution in [0.25, 0.3) is 0 Å². The van der Waals surface area contributed by atoms with Crippen LogP contribution in [0.5, 0.6) is 0 Å². The molecule has 0 aliphatic heterocycles. The summed E-state index contributed by atoms with van der Waals surface area (Å²) in [6, 6.07) is 0. The molecule has 3 nitrogen and oxygen atoms in total. The molecule has 4 fully saturated rings. The maximum Gasteiger partial charge on any atom is 0.312 e. The van der Waals surface area contributed by atoms with Crippen molar-refractivity contribution in [1.29, 1.82) is 0 Å². The van der Waals surface area contributed by atoms with Gasteiger partial charge in [-0.15, -0.1) is 0 Å². The Hall–Kier alpha value is -0.830. The molecule has 0 aromatic heterocycles. The summed E-state index contributed by atoms with van der Waals surface area (Å²) in [6.45, 7) is 14.8. The van der Waals surface area contributed by atoms with Crippen molar-refractivity contribution in [3.05, 3.63) is 11.6 Å². The van der Waals surface area contributed by atoms with E-state index >= 15 is 0 Å². The summed E-state index contributed by atoms with van der Waals surface area (Å²) in [6.07, 6.45) is 13.5. The van der Waals surface area contributed by atoms with E-state index in [2.05, 4.69) is 47.6 Å². The van der Waals surface area contributed by atoms with Crippen LogP contribution < -0.4 is 0 Å². The number of esters is 1. The van der Waals surface area contributed by atoms with E-state index in [9.17, 15) is 9.90 Å². The Morgan fingerprint density at radius 1 is 0.970 bits per heavy atom. The zero-order valence-corrected chi connectivity index (χ0v) is 22.3. The number of carbonyl (C=O) groups excluding carboxylic acids is 1. The molecular weight excluding hydrogens is 408 g/mol. The van der Waals surface area contributed by atoms with Crippen molar-refractivity contribution in [3.8, 4) is 0 Å². The molecule has 33 heavy (non-hydrogen) atoms. The molecule has 0 heterocycles. The third-order valence-electron chi connectivity index (χ3n) is 12.9. The van der Waals surface area contributed by atoms with E-state index in [-0.39, 0.29) is 39.1 Å². The van der Waals surface area contributed by atoms with Crippen molar-refractivity contribution in [1.82, 2.24) is 0 Å². The summed E-state index contributed by atoms with van der Waals surface area (Å²) >= 11 is 0. The molecule has 1 N–H and O–H groups in total. The second-order valence-corrected chi connectivity index (χ2v) is 14.3. The predicted molar refractivity (Wildman–Crippen MR) is 132 cm³/mol. The van der Waals surface area contributed by atoms with Crippen LogP contribution in [0.1, 0.15) is 106 Å². The minimum atomic E-state index is -0.298. The van der Waals surface area contributed by atoms with Gasteiger partial charge in [0.25, 0.3) is 0 Å². The lowest BCUT2D eigenvalue weighted by molar-refractivity contribution is -0.205. The summed E-state index contributed by atoms with van der Waals surface area (Å²) in [5.41, 5.74) is 1.99. The van der Waals surface area contributed by atoms with Crippen LogP contribution in [0, 0.1) is 50.7 Å². The second-order valence-electron chi connectivity index (χ2n) is 14.3. The van der Waals surface area contributed by atoms with Crippen LogP contribution in [0.4, 0.5) is 0 Å². The van der Waals surface area contributed by atoms with E-state index < -0.39 is 0 Å². The SMILES string of the molecule is COC(=O)C12CCC(C)CC1C1=CCC3C4(C)CCC(O)C(C)(C)C4CCC3(C)C1(C)CC2. The lowest BCUT2D eigenvalue weighted by Gasteiger charge is -2.71. The molecule has 0 amide bonds. The molecular formula is C30H48O3. The number of fused-ring (bicyclic) bond motifs is 7. The zero-order valence-electron chi connectivity index (χ0n) is 22.3. The highest BCUT2D eigenvalue weighted by atomic mass is 16.5. The van der Waals surface area contributed by atoms with Gasteiger partial charge in [-0.1, -0.05) is 53.2 Å². The summed E-state index contributed by atoms with van der Waals surface area (Å²) in [5, 5.41) is 10.9. The first-order chi connectivity index (χ1) is 15.4. The van der Waals surface area contributed by atoms with Crippen molar-refractivity contribution in [2.24, 2.45) is 50.7 Å². The fraction of sp³-hybridized carbons (Fsp3) is 0.900. The Morgan fingerprint density at radius 2 is 1.70 bits per heavy atom. The van der Waals surface area contributed by atoms with Crippen molar-refractivity contribution < 1.29 is 14.6 Å². The van der Waals surface area contributed by atoms with E-state index in [0.717, 1.165) is 51.4 Å². The molecule has 0 aromatic carbocycles. The predicted octanol–water partition coefficient (Wildman–Crippen LogP) is 6.93. The number of allylic oxidation sites excluding steroid dienone is 2. The number of carbonyl (C=O) groups is 1. The summed E-state index contributed by atoms with van der Waals surface area (Å²) in [7, 11) is 1.59. The Bertz CT molecular complexity index is 859. The van der Waals surface area contributed by atoms with Gasteiger partial charge in [0.15, 0.2) is 0 Å². The van der Waals surface area contributed by atoms with Crippen molar-refractivity contribution >= 4 is 5.97 Å². The van der Waals surface area contributed by atoms with Crippen LogP contribution in [0.3, 0.4) is 0 Å². The number of rotatable bonds is 1. The number of methoxy groups -OCH3 is 1. The van der Waals surface area contributed by atoms with E-state index in [1.807, 2.05) is 0 Å². The largest absolute Gasteiger partial charge is 0.469 e. The average Bonchev–Trinajstić information content (AvgIpc) is 2.76. The minimum Gasteiger partial charge on any atom is -0.469 e. The number of hydrogen-bond acceptors (Lipinski definition) is 3. The maximum absolute atomic E-state index is 13.2. The first kappa shape index (κ1) is 23.9. The summed E-state index contributed by atoms with van der Waals surface area (Å²) in [5.74, 6) is 2.30. The normalized spacial score (nSPS) is 53.0. The van der Waals surface area contributed by atoms with Gasteiger partial charge in [0, 0.05) is 0 Å². The lowest BCUT2D eigenvalue weighted by Crippen LogP contribution is -2.65. The first-order valence-electron chi connectivity index (χ1n) is 13.8. The highest BCUT2D eigenvalue weighted by Gasteiger charge is 2.68. The third kappa shape index (κ3) is 2.87. The van der Waals surface area contributed by atoms with Crippen LogP contribution in [0.15, 0.2) is 11.6 Å². The Kier molecular flexibility index (Phi) is 5.31. The quantitative estimate of drug-likeness (QED) is 0.344. The number of ether oxygens (including phenoxy) is 1. The Morgan fingerprint density at radius 3 is 2.39 bits per heavy atom. The lowest BCUT2D eigenvalue weighted by atomic mass is 9.34. The average molecular weight is 457 g/mol. The molecule has 0 saturated heterocycles. The molecule has 9 unspecified atom stereocenters. The highest BCUT2D eigenvalue weighted by molar-refractivity contribution is 5.78. The zero-order chi connectivity index (χ0) is 24.0. The third-order valence-corrected chi connectivity index (χ3v) is 12.9. The van der Waals surface area contributed by atoms with Crippen LogP contribution in [0.2, 0.25) is 0 Å². The topological polar surface area (TPSA) is 46.5 Å². The number of hydrogen-bond donors (Lipinski definition) is 1. The fourth-order valence-electron chi connectivity index (χ4n) is 10.7. The summed E-state index contributed by atoms with van der Waals surface area (Å²) < 4.78 is 5.46. The maximum atomic E-state index is 13.2. The van der Waals surface area contributed by atoms with E-state index in [4.69, 9.17) is 4.74 Å². The van der Waals surface area contributed by atoms with Crippen LogP contribution in [-0.4, -0.2) is 24.3 Å². The van der Waals surface area contributed by atoms with Crippen LogP contribution in [-0.2, 0) is 9.53 Å². The number of aliphatic hydroxyl groups excluding tert-OH is 1. The van der Waals surface area contributed by atoms with Crippen molar-refractivity contribution in [3.63, 3.8) is 0 Å². The molecule has 5 rings (SSSR count). The molecule has 5 aliphatic carbocycles. The molecule has 186 valence electrons. The van der Waals surface area contributed by atoms with Gasteiger partial charge in [0.1, 0.15) is 0 Å². The van der Waals surface area contributed by atoms with E-state index in [1.54, 1.807) is 12.7 Å². The van der Waals surface area contributed by atoms with Gasteiger partial charge in [-0.25, -0.2) is 0 Å². The van der Waals surface area contributed by atoms with Crippen molar-refractivity contribution in [2.45, 2.75) is 112 Å². The van der Waals surface area contributed by atoms with Gasteiger partial charge >= 0.3 is 5.97 Å². The fourth-order valence-corrected chi connectivity index (χ4v) is 10.7. The molecule has 9 atom stereocenters. The van der Waals surface area contributed by atoms with Gasteiger partial charge in [-0.3, -0.25) is 4.79 Å². The van der Waals surface area contributed by atoms with Gasteiger partial charge in [0.05, 0.1) is 18.6 Å². The molecule has 0 aromatic rings.